The van der Waals surface area contributed by atoms with Gasteiger partial charge in [0.1, 0.15) is 0 Å². The van der Waals surface area contributed by atoms with Crippen molar-refractivity contribution < 1.29 is 13.5 Å². The minimum absolute atomic E-state index is 0.250. The molecule has 0 spiro atoms. The molecule has 0 radical (unpaired) electrons. The van der Waals surface area contributed by atoms with Gasteiger partial charge in [-0.15, -0.1) is 0 Å². The van der Waals surface area contributed by atoms with Gasteiger partial charge < -0.3 is 10.5 Å². The van der Waals surface area contributed by atoms with Gasteiger partial charge in [0, 0.05) is 6.04 Å². The second kappa shape index (κ2) is 3.20. The van der Waals surface area contributed by atoms with Crippen LogP contribution in [0.1, 0.15) is 23.6 Å². The Labute approximate surface area is 80.7 Å². The smallest absolute Gasteiger partial charge is 0.190 e. The van der Waals surface area contributed by atoms with Crippen LogP contribution in [0.15, 0.2) is 6.07 Å². The Kier molecular flexibility index (Phi) is 2.15. The fourth-order valence-electron chi connectivity index (χ4n) is 1.89. The summed E-state index contributed by atoms with van der Waals surface area (Å²) in [6.07, 6.45) is 1.22. The first-order valence-electron chi connectivity index (χ1n) is 4.45. The fraction of sp³-hybridized carbons (Fsp3) is 0.400. The third kappa shape index (κ3) is 1.18. The number of benzene rings is 1. The van der Waals surface area contributed by atoms with Gasteiger partial charge in [0.25, 0.3) is 0 Å². The molecular formula is C10H11F2NO. The summed E-state index contributed by atoms with van der Waals surface area (Å²) < 4.78 is 31.5. The number of halogens is 2. The standard InChI is InChI=1S/C10H11F2NO/c1-14-10-7(11)4-6-5(9(10)12)2-3-8(6)13/h4,8H,2-3,13H2,1H3/t8-/m1/s1. The van der Waals surface area contributed by atoms with Crippen LogP contribution in [0.25, 0.3) is 0 Å². The first-order valence-corrected chi connectivity index (χ1v) is 4.45. The van der Waals surface area contributed by atoms with E-state index in [-0.39, 0.29) is 11.8 Å². The highest BCUT2D eigenvalue weighted by molar-refractivity contribution is 5.43. The number of hydrogen-bond donors (Lipinski definition) is 1. The molecule has 0 saturated heterocycles. The summed E-state index contributed by atoms with van der Waals surface area (Å²) in [5.41, 5.74) is 6.77. The Morgan fingerprint density at radius 2 is 2.21 bits per heavy atom. The van der Waals surface area contributed by atoms with E-state index >= 15 is 0 Å². The second-order valence-corrected chi connectivity index (χ2v) is 3.42. The molecule has 76 valence electrons. The van der Waals surface area contributed by atoms with Crippen LogP contribution in [0.3, 0.4) is 0 Å². The molecule has 0 heterocycles. The molecule has 1 aromatic carbocycles. The number of methoxy groups -OCH3 is 1. The number of rotatable bonds is 1. The summed E-state index contributed by atoms with van der Waals surface area (Å²) in [6, 6.07) is 1.02. The van der Waals surface area contributed by atoms with Gasteiger partial charge in [-0.25, -0.2) is 8.78 Å². The molecule has 0 amide bonds. The molecule has 0 unspecified atom stereocenters. The second-order valence-electron chi connectivity index (χ2n) is 3.42. The van der Waals surface area contributed by atoms with Crippen molar-refractivity contribution in [1.29, 1.82) is 0 Å². The molecule has 2 rings (SSSR count). The highest BCUT2D eigenvalue weighted by atomic mass is 19.1. The van der Waals surface area contributed by atoms with Crippen molar-refractivity contribution in [2.24, 2.45) is 5.73 Å². The quantitative estimate of drug-likeness (QED) is 0.749. The fourth-order valence-corrected chi connectivity index (χ4v) is 1.89. The topological polar surface area (TPSA) is 35.2 Å². The van der Waals surface area contributed by atoms with E-state index < -0.39 is 11.6 Å². The number of nitrogens with two attached hydrogens (primary N) is 1. The normalized spacial score (nSPS) is 19.6. The maximum absolute atomic E-state index is 13.6. The highest BCUT2D eigenvalue weighted by Crippen LogP contribution is 2.36. The van der Waals surface area contributed by atoms with E-state index in [4.69, 9.17) is 5.73 Å². The minimum atomic E-state index is -0.680. The van der Waals surface area contributed by atoms with Gasteiger partial charge in [-0.2, -0.15) is 0 Å². The van der Waals surface area contributed by atoms with Gasteiger partial charge in [-0.3, -0.25) is 0 Å². The van der Waals surface area contributed by atoms with Crippen molar-refractivity contribution in [1.82, 2.24) is 0 Å². The Hall–Kier alpha value is -1.16. The zero-order chi connectivity index (χ0) is 10.3. The van der Waals surface area contributed by atoms with Gasteiger partial charge >= 0.3 is 0 Å². The van der Waals surface area contributed by atoms with Crippen molar-refractivity contribution in [3.05, 3.63) is 28.8 Å². The first kappa shape index (κ1) is 9.40. The highest BCUT2D eigenvalue weighted by Gasteiger charge is 2.27. The predicted octanol–water partition coefficient (Wildman–Crippen LogP) is 1.92. The molecule has 4 heteroatoms. The molecule has 1 atom stereocenters. The molecule has 2 nitrogen and oxygen atoms in total. The lowest BCUT2D eigenvalue weighted by molar-refractivity contribution is 0.357. The van der Waals surface area contributed by atoms with Crippen molar-refractivity contribution in [3.63, 3.8) is 0 Å². The van der Waals surface area contributed by atoms with Crippen LogP contribution in [-0.4, -0.2) is 7.11 Å². The summed E-state index contributed by atoms with van der Waals surface area (Å²) in [4.78, 5) is 0. The lowest BCUT2D eigenvalue weighted by Crippen LogP contribution is -2.06. The monoisotopic (exact) mass is 199 g/mol. The molecule has 1 aromatic rings. The predicted molar refractivity (Wildman–Crippen MR) is 48.2 cm³/mol. The van der Waals surface area contributed by atoms with Crippen molar-refractivity contribution in [2.75, 3.05) is 7.11 Å². The molecule has 0 aromatic heterocycles. The van der Waals surface area contributed by atoms with Gasteiger partial charge in [0.05, 0.1) is 7.11 Å². The van der Waals surface area contributed by atoms with Gasteiger partial charge in [-0.1, -0.05) is 0 Å². The van der Waals surface area contributed by atoms with E-state index in [1.54, 1.807) is 0 Å². The lowest BCUT2D eigenvalue weighted by Gasteiger charge is -2.09. The van der Waals surface area contributed by atoms with Crippen LogP contribution in [-0.2, 0) is 6.42 Å². The number of fused-ring (bicyclic) bond motifs is 1. The number of ether oxygens (including phenoxy) is 1. The summed E-state index contributed by atoms with van der Waals surface area (Å²) in [5, 5.41) is 0. The zero-order valence-electron chi connectivity index (χ0n) is 7.81. The minimum Gasteiger partial charge on any atom is -0.491 e. The molecule has 0 saturated carbocycles. The van der Waals surface area contributed by atoms with Gasteiger partial charge in [-0.05, 0) is 30.0 Å². The van der Waals surface area contributed by atoms with E-state index in [1.165, 1.54) is 13.2 Å². The molecule has 0 fully saturated rings. The SMILES string of the molecule is COc1c(F)cc2c(c1F)CC[C@H]2N. The van der Waals surface area contributed by atoms with Gasteiger partial charge in [0.2, 0.25) is 0 Å². The van der Waals surface area contributed by atoms with E-state index in [0.29, 0.717) is 24.0 Å². The number of hydrogen-bond acceptors (Lipinski definition) is 2. The molecule has 0 bridgehead atoms. The van der Waals surface area contributed by atoms with E-state index in [1.807, 2.05) is 0 Å². The average molecular weight is 199 g/mol. The van der Waals surface area contributed by atoms with Crippen LogP contribution in [0.4, 0.5) is 8.78 Å². The molecule has 0 aliphatic heterocycles. The summed E-state index contributed by atoms with van der Waals surface area (Å²) in [6.45, 7) is 0. The molecule has 1 aliphatic rings. The summed E-state index contributed by atoms with van der Waals surface area (Å²) in [7, 11) is 1.25. The first-order chi connectivity index (χ1) is 6.65. The summed E-state index contributed by atoms with van der Waals surface area (Å²) in [5.74, 6) is -1.59. The Bertz CT molecular complexity index is 379. The Balaban J connectivity index is 2.63. The zero-order valence-corrected chi connectivity index (χ0v) is 7.81. The van der Waals surface area contributed by atoms with Crippen molar-refractivity contribution in [3.8, 4) is 5.75 Å². The average Bonchev–Trinajstić information content (AvgIpc) is 2.49. The van der Waals surface area contributed by atoms with Crippen molar-refractivity contribution >= 4 is 0 Å². The molecular weight excluding hydrogens is 188 g/mol. The molecule has 1 aliphatic carbocycles. The van der Waals surface area contributed by atoms with Crippen LogP contribution < -0.4 is 10.5 Å². The van der Waals surface area contributed by atoms with Crippen molar-refractivity contribution in [2.45, 2.75) is 18.9 Å². The maximum Gasteiger partial charge on any atom is 0.190 e. The van der Waals surface area contributed by atoms with E-state index in [2.05, 4.69) is 4.74 Å². The van der Waals surface area contributed by atoms with Crippen LogP contribution >= 0.6 is 0 Å². The van der Waals surface area contributed by atoms with Gasteiger partial charge in [0.15, 0.2) is 17.4 Å². The third-order valence-electron chi connectivity index (χ3n) is 2.62. The maximum atomic E-state index is 13.6. The van der Waals surface area contributed by atoms with E-state index in [0.717, 1.165) is 0 Å². The molecule has 14 heavy (non-hydrogen) atoms. The largest absolute Gasteiger partial charge is 0.491 e. The Morgan fingerprint density at radius 3 is 2.86 bits per heavy atom. The Morgan fingerprint density at radius 1 is 1.50 bits per heavy atom. The summed E-state index contributed by atoms with van der Waals surface area (Å²) >= 11 is 0. The van der Waals surface area contributed by atoms with Crippen LogP contribution in [0.2, 0.25) is 0 Å². The molecule has 2 N–H and O–H groups in total. The van der Waals surface area contributed by atoms with Crippen LogP contribution in [0, 0.1) is 11.6 Å². The van der Waals surface area contributed by atoms with Crippen LogP contribution in [0.5, 0.6) is 5.75 Å². The lowest BCUT2D eigenvalue weighted by atomic mass is 10.1. The van der Waals surface area contributed by atoms with E-state index in [9.17, 15) is 8.78 Å². The third-order valence-corrected chi connectivity index (χ3v) is 2.62.